The van der Waals surface area contributed by atoms with Crippen molar-refractivity contribution in [1.82, 2.24) is 4.90 Å². The zero-order valence-electron chi connectivity index (χ0n) is 15.8. The summed E-state index contributed by atoms with van der Waals surface area (Å²) < 4.78 is 0.284. The van der Waals surface area contributed by atoms with Gasteiger partial charge < -0.3 is 10.4 Å². The smallest absolute Gasteiger partial charge is 0.337 e. The van der Waals surface area contributed by atoms with Crippen LogP contribution in [0.5, 0.6) is 0 Å². The molecular formula is C21H18N2O4S2. The molecule has 3 rings (SSSR count). The lowest BCUT2D eigenvalue weighted by Crippen LogP contribution is -2.36. The predicted octanol–water partition coefficient (Wildman–Crippen LogP) is 3.84. The van der Waals surface area contributed by atoms with Gasteiger partial charge in [-0.1, -0.05) is 59.9 Å². The minimum absolute atomic E-state index is 0.0198. The number of hydrogen-bond donors (Lipinski definition) is 2. The maximum absolute atomic E-state index is 12.7. The van der Waals surface area contributed by atoms with E-state index in [4.69, 9.17) is 12.2 Å². The highest BCUT2D eigenvalue weighted by atomic mass is 32.2. The first-order valence-corrected chi connectivity index (χ1v) is 9.93. The molecule has 0 unspecified atom stereocenters. The molecule has 1 aliphatic heterocycles. The van der Waals surface area contributed by atoms with E-state index in [1.165, 1.54) is 11.0 Å². The van der Waals surface area contributed by atoms with Gasteiger partial charge in [-0.2, -0.15) is 0 Å². The molecule has 1 saturated heterocycles. The fourth-order valence-corrected chi connectivity index (χ4v) is 3.99. The van der Waals surface area contributed by atoms with Crippen LogP contribution in [0.2, 0.25) is 0 Å². The Balaban J connectivity index is 1.73. The third-order valence-electron chi connectivity index (χ3n) is 4.23. The van der Waals surface area contributed by atoms with Crippen LogP contribution in [0.3, 0.4) is 0 Å². The first-order chi connectivity index (χ1) is 13.7. The number of carboxylic acid groups (broad SMARTS) is 1. The summed E-state index contributed by atoms with van der Waals surface area (Å²) in [5, 5.41) is 11.9. The van der Waals surface area contributed by atoms with E-state index in [0.717, 1.165) is 28.5 Å². The molecule has 2 aromatic rings. The summed E-state index contributed by atoms with van der Waals surface area (Å²) in [4.78, 5) is 38.1. The molecule has 0 saturated carbocycles. The van der Waals surface area contributed by atoms with Gasteiger partial charge in [-0.25, -0.2) is 4.79 Å². The molecule has 2 aromatic carbocycles. The molecule has 6 nitrogen and oxygen atoms in total. The van der Waals surface area contributed by atoms with E-state index in [0.29, 0.717) is 4.91 Å². The van der Waals surface area contributed by atoms with Crippen LogP contribution in [0, 0.1) is 13.8 Å². The van der Waals surface area contributed by atoms with Crippen LogP contribution in [-0.4, -0.2) is 38.7 Å². The Morgan fingerprint density at radius 3 is 2.45 bits per heavy atom. The van der Waals surface area contributed by atoms with Crippen molar-refractivity contribution in [3.05, 3.63) is 69.6 Å². The summed E-state index contributed by atoms with van der Waals surface area (Å²) in [6.07, 6.45) is 1.74. The Labute approximate surface area is 177 Å². The number of aryl methyl sites for hydroxylation is 2. The summed E-state index contributed by atoms with van der Waals surface area (Å²) >= 11 is 6.39. The molecule has 2 amide bonds. The molecule has 0 spiro atoms. The molecule has 0 aliphatic carbocycles. The van der Waals surface area contributed by atoms with Crippen LogP contribution in [0.4, 0.5) is 5.69 Å². The Kier molecular flexibility index (Phi) is 6.14. The van der Waals surface area contributed by atoms with Crippen molar-refractivity contribution in [3.63, 3.8) is 0 Å². The lowest BCUT2D eigenvalue weighted by molar-refractivity contribution is -0.126. The third-order valence-corrected chi connectivity index (χ3v) is 5.61. The van der Waals surface area contributed by atoms with Gasteiger partial charge in [0.25, 0.3) is 5.91 Å². The number of thioether (sulfide) groups is 1. The van der Waals surface area contributed by atoms with E-state index in [-0.39, 0.29) is 28.0 Å². The number of amides is 2. The molecule has 1 heterocycles. The van der Waals surface area contributed by atoms with Crippen LogP contribution >= 0.6 is 24.0 Å². The van der Waals surface area contributed by atoms with Crippen LogP contribution in [-0.2, 0) is 9.59 Å². The van der Waals surface area contributed by atoms with Crippen molar-refractivity contribution in [2.45, 2.75) is 13.8 Å². The monoisotopic (exact) mass is 426 g/mol. The number of carbonyl (C=O) groups excluding carboxylic acids is 2. The summed E-state index contributed by atoms with van der Waals surface area (Å²) in [6.45, 7) is 3.48. The van der Waals surface area contributed by atoms with Gasteiger partial charge in [0.15, 0.2) is 0 Å². The molecule has 29 heavy (non-hydrogen) atoms. The maximum Gasteiger partial charge on any atom is 0.337 e. The quantitative estimate of drug-likeness (QED) is 0.558. The third kappa shape index (κ3) is 4.90. The average Bonchev–Trinajstić information content (AvgIpc) is 2.91. The zero-order chi connectivity index (χ0) is 21.1. The van der Waals surface area contributed by atoms with Gasteiger partial charge in [0.05, 0.1) is 16.2 Å². The largest absolute Gasteiger partial charge is 0.478 e. The normalized spacial score (nSPS) is 15.1. The minimum atomic E-state index is -1.15. The highest BCUT2D eigenvalue weighted by molar-refractivity contribution is 8.26. The summed E-state index contributed by atoms with van der Waals surface area (Å²) in [6, 6.07) is 12.3. The predicted molar refractivity (Wildman–Crippen MR) is 118 cm³/mol. The number of carbonyl (C=O) groups is 3. The van der Waals surface area contributed by atoms with Crippen molar-refractivity contribution >= 4 is 57.8 Å². The molecule has 1 aliphatic rings. The maximum atomic E-state index is 12.7. The highest BCUT2D eigenvalue weighted by Crippen LogP contribution is 2.32. The summed E-state index contributed by atoms with van der Waals surface area (Å²) in [5.74, 6) is -2.02. The van der Waals surface area contributed by atoms with E-state index in [2.05, 4.69) is 5.32 Å². The first-order valence-electron chi connectivity index (χ1n) is 8.70. The number of anilines is 1. The van der Waals surface area contributed by atoms with Gasteiger partial charge >= 0.3 is 5.97 Å². The molecular weight excluding hydrogens is 408 g/mol. The second kappa shape index (κ2) is 8.59. The molecule has 8 heteroatoms. The topological polar surface area (TPSA) is 86.7 Å². The van der Waals surface area contributed by atoms with Crippen molar-refractivity contribution in [1.29, 1.82) is 0 Å². The van der Waals surface area contributed by atoms with Crippen molar-refractivity contribution in [3.8, 4) is 0 Å². The number of carboxylic acids is 1. The van der Waals surface area contributed by atoms with Gasteiger partial charge in [0.1, 0.15) is 10.9 Å². The molecule has 148 valence electrons. The van der Waals surface area contributed by atoms with E-state index in [1.807, 2.05) is 31.2 Å². The average molecular weight is 427 g/mol. The Hall–Kier alpha value is -2.97. The fraction of sp³-hybridized carbons (Fsp3) is 0.143. The van der Waals surface area contributed by atoms with Crippen LogP contribution in [0.1, 0.15) is 27.0 Å². The van der Waals surface area contributed by atoms with Gasteiger partial charge in [-0.3, -0.25) is 14.5 Å². The zero-order valence-corrected chi connectivity index (χ0v) is 17.4. The second-order valence-electron chi connectivity index (χ2n) is 6.58. The lowest BCUT2D eigenvalue weighted by Gasteiger charge is -2.15. The van der Waals surface area contributed by atoms with Crippen molar-refractivity contribution in [2.24, 2.45) is 0 Å². The highest BCUT2D eigenvalue weighted by Gasteiger charge is 2.33. The van der Waals surface area contributed by atoms with Crippen molar-refractivity contribution in [2.75, 3.05) is 11.9 Å². The minimum Gasteiger partial charge on any atom is -0.478 e. The van der Waals surface area contributed by atoms with E-state index in [9.17, 15) is 19.5 Å². The second-order valence-corrected chi connectivity index (χ2v) is 8.26. The van der Waals surface area contributed by atoms with E-state index < -0.39 is 11.9 Å². The Morgan fingerprint density at radius 2 is 1.79 bits per heavy atom. The van der Waals surface area contributed by atoms with Gasteiger partial charge in [-0.15, -0.1) is 0 Å². The molecule has 2 N–H and O–H groups in total. The van der Waals surface area contributed by atoms with Crippen LogP contribution < -0.4 is 5.32 Å². The number of rotatable bonds is 5. The standard InChI is InChI=1S/C21H18N2O4S2/c1-12-3-6-14(7-4-12)10-17-19(25)23(21(28)29-17)11-18(24)22-16-9-13(2)5-8-15(16)20(26)27/h3-10H,11H2,1-2H3,(H,22,24)(H,26,27)/b17-10-. The number of nitrogens with one attached hydrogen (secondary N) is 1. The first kappa shape index (κ1) is 20.8. The van der Waals surface area contributed by atoms with E-state index in [1.54, 1.807) is 25.1 Å². The van der Waals surface area contributed by atoms with Gasteiger partial charge in [0, 0.05) is 0 Å². The molecule has 0 atom stereocenters. The molecule has 0 bridgehead atoms. The van der Waals surface area contributed by atoms with E-state index >= 15 is 0 Å². The van der Waals surface area contributed by atoms with Gasteiger partial charge in [0.2, 0.25) is 5.91 Å². The number of aromatic carboxylic acids is 1. The SMILES string of the molecule is Cc1ccc(/C=C2\SC(=S)N(CC(=O)Nc3cc(C)ccc3C(=O)O)C2=O)cc1. The number of benzene rings is 2. The van der Waals surface area contributed by atoms with Gasteiger partial charge in [-0.05, 0) is 43.2 Å². The number of nitrogens with zero attached hydrogens (tertiary/aromatic N) is 1. The van der Waals surface area contributed by atoms with Crippen molar-refractivity contribution < 1.29 is 19.5 Å². The summed E-state index contributed by atoms with van der Waals surface area (Å²) in [5.41, 5.74) is 2.95. The summed E-state index contributed by atoms with van der Waals surface area (Å²) in [7, 11) is 0. The fourth-order valence-electron chi connectivity index (χ4n) is 2.73. The molecule has 1 fully saturated rings. The number of thiocarbonyl (C=S) groups is 1. The Bertz CT molecular complexity index is 1050. The molecule has 0 aromatic heterocycles. The number of hydrogen-bond acceptors (Lipinski definition) is 5. The van der Waals surface area contributed by atoms with Crippen LogP contribution in [0.25, 0.3) is 6.08 Å². The molecule has 0 radical (unpaired) electrons. The Morgan fingerprint density at radius 1 is 1.14 bits per heavy atom. The van der Waals surface area contributed by atoms with Crippen LogP contribution in [0.15, 0.2) is 47.4 Å². The lowest BCUT2D eigenvalue weighted by atomic mass is 10.1.